The second-order valence-electron chi connectivity index (χ2n) is 5.02. The minimum atomic E-state index is -0.0490. The largest absolute Gasteiger partial charge is 0.497 e. The number of likely N-dealkylation sites (N-methyl/N-ethyl adjacent to an activating group) is 1. The average molecular weight is 296 g/mol. The molecular formula is C18H20N2O2. The highest BCUT2D eigenvalue weighted by molar-refractivity contribution is 5.91. The molecule has 4 nitrogen and oxygen atoms in total. The molecule has 0 radical (unpaired) electrons. The van der Waals surface area contributed by atoms with Gasteiger partial charge in [0.25, 0.3) is 0 Å². The van der Waals surface area contributed by atoms with E-state index in [1.807, 2.05) is 43.3 Å². The molecule has 1 atom stereocenters. The maximum absolute atomic E-state index is 12.3. The van der Waals surface area contributed by atoms with Gasteiger partial charge in [0, 0.05) is 25.5 Å². The van der Waals surface area contributed by atoms with Crippen LogP contribution >= 0.6 is 0 Å². The summed E-state index contributed by atoms with van der Waals surface area (Å²) in [5.74, 6) is 0.722. The number of hydrogen-bond acceptors (Lipinski definition) is 3. The summed E-state index contributed by atoms with van der Waals surface area (Å²) in [5, 5.41) is 0. The lowest BCUT2D eigenvalue weighted by molar-refractivity contribution is -0.126. The molecule has 0 aliphatic carbocycles. The normalized spacial score (nSPS) is 12.1. The number of carbonyl (C=O) groups excluding carboxylic acids is 1. The molecule has 22 heavy (non-hydrogen) atoms. The molecular weight excluding hydrogens is 276 g/mol. The van der Waals surface area contributed by atoms with Crippen molar-refractivity contribution in [2.24, 2.45) is 0 Å². The number of nitrogens with zero attached hydrogens (tertiary/aromatic N) is 2. The first-order valence-corrected chi connectivity index (χ1v) is 7.10. The average Bonchev–Trinajstić information content (AvgIpc) is 2.59. The van der Waals surface area contributed by atoms with Gasteiger partial charge in [-0.2, -0.15) is 0 Å². The molecule has 1 aromatic heterocycles. The van der Waals surface area contributed by atoms with Crippen LogP contribution in [-0.2, 0) is 4.79 Å². The summed E-state index contributed by atoms with van der Waals surface area (Å²) in [6.07, 6.45) is 6.83. The predicted octanol–water partition coefficient (Wildman–Crippen LogP) is 3.32. The fourth-order valence-electron chi connectivity index (χ4n) is 2.09. The van der Waals surface area contributed by atoms with Crippen LogP contribution in [-0.4, -0.2) is 29.9 Å². The van der Waals surface area contributed by atoms with Gasteiger partial charge in [-0.1, -0.05) is 12.1 Å². The molecule has 0 spiro atoms. The minimum absolute atomic E-state index is 0.00883. The summed E-state index contributed by atoms with van der Waals surface area (Å²) >= 11 is 0. The van der Waals surface area contributed by atoms with E-state index in [0.717, 1.165) is 16.9 Å². The Hall–Kier alpha value is -2.62. The molecule has 1 amide bonds. The maximum atomic E-state index is 12.3. The molecule has 114 valence electrons. The van der Waals surface area contributed by atoms with Crippen molar-refractivity contribution in [3.63, 3.8) is 0 Å². The van der Waals surface area contributed by atoms with Crippen LogP contribution in [0.4, 0.5) is 0 Å². The summed E-state index contributed by atoms with van der Waals surface area (Å²) < 4.78 is 5.17. The Morgan fingerprint density at radius 1 is 1.27 bits per heavy atom. The molecule has 0 saturated carbocycles. The van der Waals surface area contributed by atoms with Crippen molar-refractivity contribution in [1.29, 1.82) is 0 Å². The molecule has 0 fully saturated rings. The molecule has 4 heteroatoms. The van der Waals surface area contributed by atoms with Gasteiger partial charge >= 0.3 is 0 Å². The first-order valence-electron chi connectivity index (χ1n) is 7.10. The lowest BCUT2D eigenvalue weighted by Crippen LogP contribution is -2.27. The van der Waals surface area contributed by atoms with E-state index in [2.05, 4.69) is 4.98 Å². The van der Waals surface area contributed by atoms with Crippen LogP contribution in [0, 0.1) is 0 Å². The number of amides is 1. The molecule has 1 unspecified atom stereocenters. The highest BCUT2D eigenvalue weighted by atomic mass is 16.5. The Balaban J connectivity index is 2.06. The molecule has 0 bridgehead atoms. The third kappa shape index (κ3) is 3.95. The maximum Gasteiger partial charge on any atom is 0.246 e. The number of ether oxygens (including phenoxy) is 1. The third-order valence-electron chi connectivity index (χ3n) is 3.63. The smallest absolute Gasteiger partial charge is 0.246 e. The highest BCUT2D eigenvalue weighted by Gasteiger charge is 2.14. The van der Waals surface area contributed by atoms with Gasteiger partial charge < -0.3 is 9.64 Å². The van der Waals surface area contributed by atoms with Crippen molar-refractivity contribution in [2.45, 2.75) is 13.0 Å². The molecule has 2 aromatic rings. The van der Waals surface area contributed by atoms with Crippen molar-refractivity contribution >= 4 is 12.0 Å². The molecule has 0 N–H and O–H groups in total. The van der Waals surface area contributed by atoms with Crippen LogP contribution in [0.15, 0.2) is 54.9 Å². The second-order valence-corrected chi connectivity index (χ2v) is 5.02. The van der Waals surface area contributed by atoms with E-state index in [0.29, 0.717) is 0 Å². The standard InChI is InChI=1S/C18H20N2O2/c1-14(16-9-11-19-12-10-16)20(2)18(21)8-7-15-5-4-6-17(13-15)22-3/h4-14H,1-3H3. The zero-order valence-electron chi connectivity index (χ0n) is 13.1. The van der Waals surface area contributed by atoms with E-state index in [9.17, 15) is 4.79 Å². The number of rotatable bonds is 5. The molecule has 0 aliphatic rings. The van der Waals surface area contributed by atoms with E-state index in [1.165, 1.54) is 0 Å². The zero-order chi connectivity index (χ0) is 15.9. The van der Waals surface area contributed by atoms with Gasteiger partial charge in [0.15, 0.2) is 0 Å². The molecule has 0 saturated heterocycles. The highest BCUT2D eigenvalue weighted by Crippen LogP contribution is 2.18. The van der Waals surface area contributed by atoms with Crippen LogP contribution in [0.3, 0.4) is 0 Å². The van der Waals surface area contributed by atoms with Gasteiger partial charge in [0.05, 0.1) is 13.2 Å². The van der Waals surface area contributed by atoms with E-state index < -0.39 is 0 Å². The Kier molecular flexibility index (Phi) is 5.31. The summed E-state index contributed by atoms with van der Waals surface area (Å²) in [6, 6.07) is 11.4. The number of methoxy groups -OCH3 is 1. The second kappa shape index (κ2) is 7.41. The topological polar surface area (TPSA) is 42.4 Å². The number of pyridine rings is 1. The van der Waals surface area contributed by atoms with Gasteiger partial charge in [-0.05, 0) is 48.4 Å². The lowest BCUT2D eigenvalue weighted by Gasteiger charge is -2.24. The monoisotopic (exact) mass is 296 g/mol. The van der Waals surface area contributed by atoms with Crippen molar-refractivity contribution in [3.05, 3.63) is 66.0 Å². The van der Waals surface area contributed by atoms with Gasteiger partial charge in [-0.25, -0.2) is 0 Å². The van der Waals surface area contributed by atoms with Crippen molar-refractivity contribution in [3.8, 4) is 5.75 Å². The first kappa shape index (κ1) is 15.8. The van der Waals surface area contributed by atoms with Crippen LogP contribution < -0.4 is 4.74 Å². The first-order chi connectivity index (χ1) is 10.6. The molecule has 1 heterocycles. The Morgan fingerprint density at radius 2 is 2.00 bits per heavy atom. The summed E-state index contributed by atoms with van der Waals surface area (Å²) in [4.78, 5) is 18.0. The molecule has 1 aromatic carbocycles. The quantitative estimate of drug-likeness (QED) is 0.795. The summed E-state index contributed by atoms with van der Waals surface area (Å²) in [5.41, 5.74) is 1.98. The van der Waals surface area contributed by atoms with Gasteiger partial charge in [0.1, 0.15) is 5.75 Å². The number of carbonyl (C=O) groups is 1. The van der Waals surface area contributed by atoms with Crippen molar-refractivity contribution in [2.75, 3.05) is 14.2 Å². The summed E-state index contributed by atoms with van der Waals surface area (Å²) in [7, 11) is 3.42. The van der Waals surface area contributed by atoms with E-state index in [1.54, 1.807) is 43.6 Å². The number of aromatic nitrogens is 1. The number of benzene rings is 1. The fraction of sp³-hybridized carbons (Fsp3) is 0.222. The molecule has 2 rings (SSSR count). The van der Waals surface area contributed by atoms with Crippen molar-refractivity contribution in [1.82, 2.24) is 9.88 Å². The van der Waals surface area contributed by atoms with E-state index >= 15 is 0 Å². The Bertz CT molecular complexity index is 653. The summed E-state index contributed by atoms with van der Waals surface area (Å²) in [6.45, 7) is 1.99. The van der Waals surface area contributed by atoms with Crippen LogP contribution in [0.1, 0.15) is 24.1 Å². The van der Waals surface area contributed by atoms with E-state index in [4.69, 9.17) is 4.74 Å². The predicted molar refractivity (Wildman–Crippen MR) is 87.5 cm³/mol. The fourth-order valence-corrected chi connectivity index (χ4v) is 2.09. The zero-order valence-corrected chi connectivity index (χ0v) is 13.1. The third-order valence-corrected chi connectivity index (χ3v) is 3.63. The van der Waals surface area contributed by atoms with Crippen LogP contribution in [0.5, 0.6) is 5.75 Å². The molecule has 0 aliphatic heterocycles. The van der Waals surface area contributed by atoms with Crippen LogP contribution in [0.25, 0.3) is 6.08 Å². The van der Waals surface area contributed by atoms with Gasteiger partial charge in [0.2, 0.25) is 5.91 Å². The SMILES string of the molecule is COc1cccc(C=CC(=O)N(C)C(C)c2ccncc2)c1. The Labute approximate surface area is 131 Å². The Morgan fingerprint density at radius 3 is 2.68 bits per heavy atom. The lowest BCUT2D eigenvalue weighted by atomic mass is 10.1. The van der Waals surface area contributed by atoms with Gasteiger partial charge in [-0.3, -0.25) is 9.78 Å². The van der Waals surface area contributed by atoms with E-state index in [-0.39, 0.29) is 11.9 Å². The van der Waals surface area contributed by atoms with Crippen LogP contribution in [0.2, 0.25) is 0 Å². The minimum Gasteiger partial charge on any atom is -0.497 e. The number of hydrogen-bond donors (Lipinski definition) is 0. The van der Waals surface area contributed by atoms with Crippen molar-refractivity contribution < 1.29 is 9.53 Å². The van der Waals surface area contributed by atoms with Gasteiger partial charge in [-0.15, -0.1) is 0 Å².